The molecule has 38 heavy (non-hydrogen) atoms. The van der Waals surface area contributed by atoms with Crippen molar-refractivity contribution in [2.24, 2.45) is 5.73 Å². The van der Waals surface area contributed by atoms with Gasteiger partial charge in [-0.25, -0.2) is 0 Å². The van der Waals surface area contributed by atoms with Crippen molar-refractivity contribution in [1.82, 2.24) is 4.98 Å². The van der Waals surface area contributed by atoms with Crippen LogP contribution in [-0.4, -0.2) is 4.98 Å². The summed E-state index contributed by atoms with van der Waals surface area (Å²) in [6, 6.07) is 15.2. The number of anilines is 2. The van der Waals surface area contributed by atoms with E-state index in [-0.39, 0.29) is 0 Å². The summed E-state index contributed by atoms with van der Waals surface area (Å²) >= 11 is 0. The number of aryl methyl sites for hydroxylation is 1. The molecule has 0 unspecified atom stereocenters. The summed E-state index contributed by atoms with van der Waals surface area (Å²) < 4.78 is 0. The Hall–Kier alpha value is -3.56. The number of rotatable bonds is 11. The van der Waals surface area contributed by atoms with Crippen LogP contribution in [-0.2, 0) is 13.0 Å². The molecule has 0 aliphatic heterocycles. The van der Waals surface area contributed by atoms with E-state index in [1.165, 1.54) is 51.8 Å². The maximum absolute atomic E-state index is 5.80. The number of fused-ring (bicyclic) bond motifs is 1. The van der Waals surface area contributed by atoms with Gasteiger partial charge in [0.25, 0.3) is 0 Å². The molecule has 2 aromatic carbocycles. The molecule has 0 saturated carbocycles. The van der Waals surface area contributed by atoms with Crippen molar-refractivity contribution in [3.8, 4) is 0 Å². The fourth-order valence-corrected chi connectivity index (χ4v) is 5.24. The summed E-state index contributed by atoms with van der Waals surface area (Å²) in [5, 5.41) is 4.89. The van der Waals surface area contributed by atoms with Gasteiger partial charge in [-0.15, -0.1) is 0 Å². The number of H-pyrrole nitrogens is 1. The Bertz CT molecular complexity index is 1410. The van der Waals surface area contributed by atoms with Gasteiger partial charge in [0.05, 0.1) is 5.69 Å². The maximum Gasteiger partial charge on any atom is 0.0675 e. The molecule has 1 aromatic heterocycles. The zero-order valence-electron chi connectivity index (χ0n) is 23.6. The molecule has 4 rings (SSSR count). The third kappa shape index (κ3) is 6.28. The van der Waals surface area contributed by atoms with Crippen LogP contribution in [0.4, 0.5) is 11.4 Å². The third-order valence-corrected chi connectivity index (χ3v) is 7.49. The molecule has 198 valence electrons. The second-order valence-electron chi connectivity index (χ2n) is 10.4. The molecule has 3 nitrogen and oxygen atoms in total. The van der Waals surface area contributed by atoms with Crippen LogP contribution in [0, 0.1) is 0 Å². The lowest BCUT2D eigenvalue weighted by Gasteiger charge is -2.21. The molecule has 0 radical (unpaired) electrons. The van der Waals surface area contributed by atoms with Gasteiger partial charge in [0.1, 0.15) is 0 Å². The average molecular weight is 506 g/mol. The van der Waals surface area contributed by atoms with Gasteiger partial charge in [0.2, 0.25) is 0 Å². The maximum atomic E-state index is 5.80. The quantitative estimate of drug-likeness (QED) is 0.227. The molecule has 4 N–H and O–H groups in total. The Morgan fingerprint density at radius 1 is 1.13 bits per heavy atom. The van der Waals surface area contributed by atoms with Crippen molar-refractivity contribution in [3.05, 3.63) is 112 Å². The highest BCUT2D eigenvalue weighted by Gasteiger charge is 2.19. The van der Waals surface area contributed by atoms with Gasteiger partial charge in [-0.1, -0.05) is 80.5 Å². The van der Waals surface area contributed by atoms with Gasteiger partial charge in [0.15, 0.2) is 0 Å². The van der Waals surface area contributed by atoms with Gasteiger partial charge >= 0.3 is 0 Å². The van der Waals surface area contributed by atoms with Crippen LogP contribution in [0.2, 0.25) is 0 Å². The summed E-state index contributed by atoms with van der Waals surface area (Å²) in [5.41, 5.74) is 19.2. The predicted molar refractivity (Wildman–Crippen MR) is 167 cm³/mol. The fraction of sp³-hybridized carbons (Fsp3) is 0.314. The van der Waals surface area contributed by atoms with Crippen molar-refractivity contribution in [3.63, 3.8) is 0 Å². The highest BCUT2D eigenvalue weighted by Crippen LogP contribution is 2.39. The van der Waals surface area contributed by atoms with E-state index < -0.39 is 0 Å². The number of unbranched alkanes of at least 4 members (excludes halogenated alkanes) is 1. The highest BCUT2D eigenvalue weighted by atomic mass is 14.9. The van der Waals surface area contributed by atoms with E-state index in [9.17, 15) is 0 Å². The van der Waals surface area contributed by atoms with Gasteiger partial charge < -0.3 is 16.0 Å². The number of hydrogen-bond acceptors (Lipinski definition) is 2. The van der Waals surface area contributed by atoms with Crippen molar-refractivity contribution < 1.29 is 0 Å². The van der Waals surface area contributed by atoms with Crippen LogP contribution in [0.1, 0.15) is 76.6 Å². The summed E-state index contributed by atoms with van der Waals surface area (Å²) in [5.74, 6) is 0. The van der Waals surface area contributed by atoms with E-state index in [0.29, 0.717) is 6.54 Å². The third-order valence-electron chi connectivity index (χ3n) is 7.49. The van der Waals surface area contributed by atoms with Crippen LogP contribution in [0.5, 0.6) is 0 Å². The Morgan fingerprint density at radius 2 is 1.92 bits per heavy atom. The lowest BCUT2D eigenvalue weighted by molar-refractivity contribution is 0.787. The Labute approximate surface area is 228 Å². The topological polar surface area (TPSA) is 53.8 Å². The van der Waals surface area contributed by atoms with Crippen LogP contribution >= 0.6 is 0 Å². The van der Waals surface area contributed by atoms with Crippen LogP contribution in [0.3, 0.4) is 0 Å². The van der Waals surface area contributed by atoms with E-state index in [1.807, 2.05) is 0 Å². The Morgan fingerprint density at radius 3 is 2.63 bits per heavy atom. The number of aromatic nitrogens is 1. The smallest absolute Gasteiger partial charge is 0.0675 e. The van der Waals surface area contributed by atoms with Crippen molar-refractivity contribution >= 4 is 27.9 Å². The molecular weight excluding hydrogens is 462 g/mol. The van der Waals surface area contributed by atoms with Gasteiger partial charge in [-0.05, 0) is 98.1 Å². The molecule has 1 heterocycles. The Kier molecular flexibility index (Phi) is 9.25. The minimum absolute atomic E-state index is 0.552. The van der Waals surface area contributed by atoms with Gasteiger partial charge in [0, 0.05) is 28.8 Å². The molecule has 0 saturated heterocycles. The summed E-state index contributed by atoms with van der Waals surface area (Å²) in [6.07, 6.45) is 15.6. The Balaban J connectivity index is 1.67. The van der Waals surface area contributed by atoms with Crippen LogP contribution < -0.4 is 11.1 Å². The minimum Gasteiger partial charge on any atom is -0.357 e. The molecule has 0 amide bonds. The van der Waals surface area contributed by atoms with E-state index >= 15 is 0 Å². The van der Waals surface area contributed by atoms with E-state index in [1.54, 1.807) is 0 Å². The molecule has 0 spiro atoms. The van der Waals surface area contributed by atoms with Crippen molar-refractivity contribution in [2.75, 3.05) is 5.32 Å². The van der Waals surface area contributed by atoms with E-state index in [0.717, 1.165) is 53.7 Å². The number of allylic oxidation sites excluding steroid dienone is 9. The van der Waals surface area contributed by atoms with E-state index in [4.69, 9.17) is 5.73 Å². The second-order valence-corrected chi connectivity index (χ2v) is 10.4. The minimum atomic E-state index is 0.552. The SMILES string of the molecule is C=C(/C=C\C=C(\C)CCCC)C1=C(C)CCC=C1c1ccc2[nH]c(CC)c(Nc3ccc(CN)cc3)c2c1. The number of nitrogens with one attached hydrogen (secondary N) is 2. The van der Waals surface area contributed by atoms with E-state index in [2.05, 4.69) is 111 Å². The average Bonchev–Trinajstić information content (AvgIpc) is 3.28. The first kappa shape index (κ1) is 27.5. The zero-order chi connectivity index (χ0) is 27.1. The molecular formula is C35H43N3. The molecule has 3 heteroatoms. The number of hydrogen-bond donors (Lipinski definition) is 3. The monoisotopic (exact) mass is 505 g/mol. The second kappa shape index (κ2) is 12.8. The van der Waals surface area contributed by atoms with Crippen molar-refractivity contribution in [2.45, 2.75) is 72.8 Å². The van der Waals surface area contributed by atoms with Crippen LogP contribution in [0.25, 0.3) is 16.5 Å². The standard InChI is InChI=1S/C35H43N3/c1-6-8-11-24(3)12-9-13-25(4)34-26(5)14-10-15-30(34)28-18-21-33-31(22-28)35(32(7-2)38-33)37-29-19-16-27(23-36)17-20-29/h9,12-13,15-22,37-38H,4,6-8,10-11,14,23,36H2,1-3,5H3/b13-9-,24-12-. The van der Waals surface area contributed by atoms with Crippen LogP contribution in [0.15, 0.2) is 95.6 Å². The summed E-state index contributed by atoms with van der Waals surface area (Å²) in [6.45, 7) is 13.9. The lowest BCUT2D eigenvalue weighted by Crippen LogP contribution is -2.01. The predicted octanol–water partition coefficient (Wildman–Crippen LogP) is 9.68. The molecule has 3 aromatic rings. The normalized spacial score (nSPS) is 14.4. The molecule has 0 bridgehead atoms. The number of benzene rings is 2. The lowest BCUT2D eigenvalue weighted by atomic mass is 9.83. The first-order valence-electron chi connectivity index (χ1n) is 14.1. The molecule has 1 aliphatic rings. The molecule has 1 aliphatic carbocycles. The van der Waals surface area contributed by atoms with Gasteiger partial charge in [-0.2, -0.15) is 0 Å². The van der Waals surface area contributed by atoms with Crippen molar-refractivity contribution in [1.29, 1.82) is 0 Å². The fourth-order valence-electron chi connectivity index (χ4n) is 5.24. The number of aromatic amines is 1. The first-order chi connectivity index (χ1) is 18.4. The summed E-state index contributed by atoms with van der Waals surface area (Å²) in [4.78, 5) is 3.63. The molecule has 0 fully saturated rings. The highest BCUT2D eigenvalue weighted by molar-refractivity contribution is 5.99. The first-order valence-corrected chi connectivity index (χ1v) is 14.1. The zero-order valence-corrected chi connectivity index (χ0v) is 23.6. The number of nitrogens with two attached hydrogens (primary N) is 1. The summed E-state index contributed by atoms with van der Waals surface area (Å²) in [7, 11) is 0. The largest absolute Gasteiger partial charge is 0.357 e. The van der Waals surface area contributed by atoms with Gasteiger partial charge in [-0.3, -0.25) is 0 Å². The molecule has 0 atom stereocenters.